The number of halogens is 1. The summed E-state index contributed by atoms with van der Waals surface area (Å²) in [6, 6.07) is 16.5. The van der Waals surface area contributed by atoms with E-state index in [0.29, 0.717) is 0 Å². The number of benzene rings is 2. The molecule has 2 aromatic carbocycles. The molecule has 0 spiro atoms. The van der Waals surface area contributed by atoms with Crippen LogP contribution in [0.3, 0.4) is 0 Å². The lowest BCUT2D eigenvalue weighted by Crippen LogP contribution is -2.12. The molecule has 0 aromatic heterocycles. The smallest absolute Gasteiger partial charge is 0.123 e. The zero-order chi connectivity index (χ0) is 12.1. The maximum Gasteiger partial charge on any atom is 0.123 e. The Labute approximate surface area is 105 Å². The first-order valence-electron chi connectivity index (χ1n) is 5.44. The van der Waals surface area contributed by atoms with Crippen molar-refractivity contribution in [3.63, 3.8) is 0 Å². The van der Waals surface area contributed by atoms with E-state index in [-0.39, 0.29) is 11.9 Å². The van der Waals surface area contributed by atoms with Crippen LogP contribution in [0.5, 0.6) is 0 Å². The van der Waals surface area contributed by atoms with E-state index >= 15 is 0 Å². The monoisotopic (exact) mass is 247 g/mol. The molecule has 0 amide bonds. The minimum Gasteiger partial charge on any atom is -0.323 e. The van der Waals surface area contributed by atoms with Crippen LogP contribution in [0, 0.1) is 5.82 Å². The van der Waals surface area contributed by atoms with E-state index in [1.165, 1.54) is 12.1 Å². The summed E-state index contributed by atoms with van der Waals surface area (Å²) in [5.41, 5.74) is 7.20. The zero-order valence-corrected chi connectivity index (χ0v) is 10.2. The second kappa shape index (κ2) is 5.84. The van der Waals surface area contributed by atoms with Crippen molar-refractivity contribution < 1.29 is 4.39 Å². The molecule has 0 bridgehead atoms. The highest BCUT2D eigenvalue weighted by Gasteiger charge is 2.05. The summed E-state index contributed by atoms with van der Waals surface area (Å²) in [5.74, 6) is 0.581. The molecule has 17 heavy (non-hydrogen) atoms. The predicted molar refractivity (Wildman–Crippen MR) is 70.5 cm³/mol. The summed E-state index contributed by atoms with van der Waals surface area (Å²) in [4.78, 5) is 1.04. The maximum absolute atomic E-state index is 12.7. The van der Waals surface area contributed by atoms with Gasteiger partial charge < -0.3 is 5.73 Å². The Morgan fingerprint density at radius 2 is 1.65 bits per heavy atom. The van der Waals surface area contributed by atoms with Gasteiger partial charge in [0.1, 0.15) is 5.82 Å². The highest BCUT2D eigenvalue weighted by atomic mass is 32.2. The van der Waals surface area contributed by atoms with E-state index in [1.807, 2.05) is 30.3 Å². The zero-order valence-electron chi connectivity index (χ0n) is 9.34. The summed E-state index contributed by atoms with van der Waals surface area (Å²) in [7, 11) is 0. The standard InChI is InChI=1S/C14H14FNS/c15-12-6-8-13(9-7-12)17-10-14(16)11-4-2-1-3-5-11/h1-9,14H,10,16H2. The molecule has 3 heteroatoms. The van der Waals surface area contributed by atoms with Crippen molar-refractivity contribution in [1.82, 2.24) is 0 Å². The fraction of sp³-hybridized carbons (Fsp3) is 0.143. The van der Waals surface area contributed by atoms with Crippen LogP contribution in [0.25, 0.3) is 0 Å². The molecule has 88 valence electrons. The van der Waals surface area contributed by atoms with Crippen molar-refractivity contribution in [3.8, 4) is 0 Å². The van der Waals surface area contributed by atoms with Crippen LogP contribution >= 0.6 is 11.8 Å². The van der Waals surface area contributed by atoms with Gasteiger partial charge >= 0.3 is 0 Å². The van der Waals surface area contributed by atoms with Gasteiger partial charge in [-0.25, -0.2) is 4.39 Å². The number of thioether (sulfide) groups is 1. The normalized spacial score (nSPS) is 12.4. The number of hydrogen-bond acceptors (Lipinski definition) is 2. The Morgan fingerprint density at radius 1 is 1.00 bits per heavy atom. The lowest BCUT2D eigenvalue weighted by molar-refractivity contribution is 0.626. The highest BCUT2D eigenvalue weighted by molar-refractivity contribution is 7.99. The summed E-state index contributed by atoms with van der Waals surface area (Å²) in [6.45, 7) is 0. The second-order valence-electron chi connectivity index (χ2n) is 3.78. The summed E-state index contributed by atoms with van der Waals surface area (Å²) < 4.78 is 12.7. The van der Waals surface area contributed by atoms with Gasteiger partial charge in [0.05, 0.1) is 0 Å². The Hall–Kier alpha value is -1.32. The van der Waals surface area contributed by atoms with E-state index in [1.54, 1.807) is 23.9 Å². The van der Waals surface area contributed by atoms with Crippen molar-refractivity contribution in [2.24, 2.45) is 5.73 Å². The van der Waals surface area contributed by atoms with Crippen LogP contribution in [-0.4, -0.2) is 5.75 Å². The first-order chi connectivity index (χ1) is 8.25. The summed E-state index contributed by atoms with van der Waals surface area (Å²) in [5, 5.41) is 0. The fourth-order valence-corrected chi connectivity index (χ4v) is 2.41. The van der Waals surface area contributed by atoms with Crippen LogP contribution in [-0.2, 0) is 0 Å². The van der Waals surface area contributed by atoms with Gasteiger partial charge in [0.25, 0.3) is 0 Å². The number of nitrogens with two attached hydrogens (primary N) is 1. The molecule has 0 saturated carbocycles. The molecule has 1 nitrogen and oxygen atoms in total. The topological polar surface area (TPSA) is 26.0 Å². The largest absolute Gasteiger partial charge is 0.323 e. The molecule has 0 aliphatic heterocycles. The Kier molecular flexibility index (Phi) is 4.18. The Morgan fingerprint density at radius 3 is 2.29 bits per heavy atom. The van der Waals surface area contributed by atoms with Gasteiger partial charge in [-0.15, -0.1) is 11.8 Å². The van der Waals surface area contributed by atoms with Crippen LogP contribution in [0.1, 0.15) is 11.6 Å². The Balaban J connectivity index is 1.92. The maximum atomic E-state index is 12.7. The van der Waals surface area contributed by atoms with Crippen LogP contribution < -0.4 is 5.73 Å². The third kappa shape index (κ3) is 3.58. The van der Waals surface area contributed by atoms with Gasteiger partial charge in [0, 0.05) is 16.7 Å². The van der Waals surface area contributed by atoms with Gasteiger partial charge in [-0.2, -0.15) is 0 Å². The third-order valence-corrected chi connectivity index (χ3v) is 3.60. The van der Waals surface area contributed by atoms with E-state index in [2.05, 4.69) is 0 Å². The van der Waals surface area contributed by atoms with Crippen LogP contribution in [0.4, 0.5) is 4.39 Å². The molecular formula is C14H14FNS. The van der Waals surface area contributed by atoms with Gasteiger partial charge in [-0.3, -0.25) is 0 Å². The van der Waals surface area contributed by atoms with E-state index < -0.39 is 0 Å². The van der Waals surface area contributed by atoms with Crippen molar-refractivity contribution >= 4 is 11.8 Å². The molecule has 2 rings (SSSR count). The quantitative estimate of drug-likeness (QED) is 0.835. The van der Waals surface area contributed by atoms with Crippen LogP contribution in [0.2, 0.25) is 0 Å². The molecule has 0 aliphatic carbocycles. The molecule has 1 atom stereocenters. The molecule has 1 unspecified atom stereocenters. The minimum atomic E-state index is -0.207. The molecule has 0 radical (unpaired) electrons. The summed E-state index contributed by atoms with van der Waals surface area (Å²) in [6.07, 6.45) is 0. The number of rotatable bonds is 4. The molecule has 0 fully saturated rings. The van der Waals surface area contributed by atoms with E-state index in [9.17, 15) is 4.39 Å². The van der Waals surface area contributed by atoms with Crippen molar-refractivity contribution in [3.05, 3.63) is 66.0 Å². The molecule has 0 heterocycles. The fourth-order valence-electron chi connectivity index (χ4n) is 1.51. The predicted octanol–water partition coefficient (Wildman–Crippen LogP) is 3.62. The van der Waals surface area contributed by atoms with Gasteiger partial charge in [-0.1, -0.05) is 30.3 Å². The van der Waals surface area contributed by atoms with Gasteiger partial charge in [-0.05, 0) is 29.8 Å². The van der Waals surface area contributed by atoms with Crippen molar-refractivity contribution in [2.75, 3.05) is 5.75 Å². The molecule has 0 saturated heterocycles. The summed E-state index contributed by atoms with van der Waals surface area (Å²) >= 11 is 1.64. The second-order valence-corrected chi connectivity index (χ2v) is 4.88. The van der Waals surface area contributed by atoms with E-state index in [4.69, 9.17) is 5.73 Å². The molecule has 2 N–H and O–H groups in total. The SMILES string of the molecule is NC(CSc1ccc(F)cc1)c1ccccc1. The number of hydrogen-bond donors (Lipinski definition) is 1. The molecule has 2 aromatic rings. The minimum absolute atomic E-state index is 0.00579. The van der Waals surface area contributed by atoms with Crippen molar-refractivity contribution in [2.45, 2.75) is 10.9 Å². The van der Waals surface area contributed by atoms with Gasteiger partial charge in [0.2, 0.25) is 0 Å². The van der Waals surface area contributed by atoms with Crippen molar-refractivity contribution in [1.29, 1.82) is 0 Å². The first-order valence-corrected chi connectivity index (χ1v) is 6.43. The lowest BCUT2D eigenvalue weighted by atomic mass is 10.1. The molecular weight excluding hydrogens is 233 g/mol. The van der Waals surface area contributed by atoms with Gasteiger partial charge in [0.15, 0.2) is 0 Å². The third-order valence-electron chi connectivity index (χ3n) is 2.47. The van der Waals surface area contributed by atoms with Crippen LogP contribution in [0.15, 0.2) is 59.5 Å². The average Bonchev–Trinajstić information content (AvgIpc) is 2.39. The Bertz CT molecular complexity index is 455. The molecule has 0 aliphatic rings. The first kappa shape index (κ1) is 12.1. The lowest BCUT2D eigenvalue weighted by Gasteiger charge is -2.11. The highest BCUT2D eigenvalue weighted by Crippen LogP contribution is 2.23. The van der Waals surface area contributed by atoms with E-state index in [0.717, 1.165) is 16.2 Å². The average molecular weight is 247 g/mol.